The standard InChI is InChI=1S/C22H14N8O/c1-31-13-8-6-12(7-9-13)30-20(25)18(21-27-14-4-2-3-5-15(14)28-21)19-22(30)29-17(11-24)16(10-23)26-19/h2-9H,25H2,1H3,(H,27,28). The summed E-state index contributed by atoms with van der Waals surface area (Å²) >= 11 is 0. The summed E-state index contributed by atoms with van der Waals surface area (Å²) in [6.07, 6.45) is 0. The molecule has 0 unspecified atom stereocenters. The number of para-hydroxylation sites is 2. The van der Waals surface area contributed by atoms with E-state index in [1.54, 1.807) is 23.8 Å². The third-order valence-corrected chi connectivity index (χ3v) is 4.99. The van der Waals surface area contributed by atoms with Gasteiger partial charge in [-0.3, -0.25) is 4.57 Å². The molecule has 9 heteroatoms. The number of hydrogen-bond acceptors (Lipinski definition) is 7. The number of nitrogens with one attached hydrogen (secondary N) is 1. The molecule has 0 spiro atoms. The van der Waals surface area contributed by atoms with Crippen LogP contribution in [0.5, 0.6) is 5.75 Å². The molecule has 2 aromatic carbocycles. The van der Waals surface area contributed by atoms with E-state index in [4.69, 9.17) is 10.5 Å². The van der Waals surface area contributed by atoms with E-state index in [9.17, 15) is 10.5 Å². The Hall–Kier alpha value is -4.89. The van der Waals surface area contributed by atoms with Gasteiger partial charge < -0.3 is 15.5 Å². The van der Waals surface area contributed by atoms with Gasteiger partial charge in [0.05, 0.1) is 23.7 Å². The molecule has 0 saturated carbocycles. The molecule has 0 bridgehead atoms. The van der Waals surface area contributed by atoms with Crippen molar-refractivity contribution in [1.29, 1.82) is 10.5 Å². The monoisotopic (exact) mass is 406 g/mol. The van der Waals surface area contributed by atoms with E-state index in [0.29, 0.717) is 39.8 Å². The summed E-state index contributed by atoms with van der Waals surface area (Å²) in [5, 5.41) is 18.9. The molecule has 0 atom stereocenters. The first-order chi connectivity index (χ1) is 15.1. The minimum Gasteiger partial charge on any atom is -0.497 e. The van der Waals surface area contributed by atoms with Gasteiger partial charge in [0.2, 0.25) is 0 Å². The lowest BCUT2D eigenvalue weighted by Gasteiger charge is -2.08. The SMILES string of the molecule is COc1ccc(-n2c(N)c(-c3nc4ccccc4[nH]3)c3nc(C#N)c(C#N)nc32)cc1. The largest absolute Gasteiger partial charge is 0.497 e. The van der Waals surface area contributed by atoms with Crippen molar-refractivity contribution in [2.45, 2.75) is 0 Å². The predicted octanol–water partition coefficient (Wildman–Crippen LogP) is 3.30. The van der Waals surface area contributed by atoms with E-state index in [2.05, 4.69) is 19.9 Å². The zero-order valence-corrected chi connectivity index (χ0v) is 16.3. The van der Waals surface area contributed by atoms with Gasteiger partial charge in [0.1, 0.15) is 35.0 Å². The molecule has 0 amide bonds. The molecule has 148 valence electrons. The summed E-state index contributed by atoms with van der Waals surface area (Å²) in [6, 6.07) is 18.7. The zero-order valence-electron chi connectivity index (χ0n) is 16.3. The number of imidazole rings is 1. The van der Waals surface area contributed by atoms with E-state index in [1.165, 1.54) is 0 Å². The number of aromatic nitrogens is 5. The second-order valence-electron chi connectivity index (χ2n) is 6.71. The fraction of sp³-hybridized carbons (Fsp3) is 0.0455. The Morgan fingerprint density at radius 1 is 0.968 bits per heavy atom. The summed E-state index contributed by atoms with van der Waals surface area (Å²) in [6.45, 7) is 0. The summed E-state index contributed by atoms with van der Waals surface area (Å²) in [7, 11) is 1.59. The van der Waals surface area contributed by atoms with Gasteiger partial charge in [0.25, 0.3) is 0 Å². The van der Waals surface area contributed by atoms with E-state index >= 15 is 0 Å². The number of rotatable bonds is 3. The van der Waals surface area contributed by atoms with E-state index < -0.39 is 0 Å². The van der Waals surface area contributed by atoms with Gasteiger partial charge >= 0.3 is 0 Å². The van der Waals surface area contributed by atoms with Crippen molar-refractivity contribution >= 4 is 28.0 Å². The van der Waals surface area contributed by atoms with Crippen LogP contribution in [0.4, 0.5) is 5.82 Å². The molecule has 3 heterocycles. The van der Waals surface area contributed by atoms with Crippen LogP contribution in [0.2, 0.25) is 0 Å². The zero-order chi connectivity index (χ0) is 21.5. The summed E-state index contributed by atoms with van der Waals surface area (Å²) in [4.78, 5) is 16.7. The van der Waals surface area contributed by atoms with Gasteiger partial charge in [-0.2, -0.15) is 10.5 Å². The number of nitriles is 2. The van der Waals surface area contributed by atoms with Crippen LogP contribution >= 0.6 is 0 Å². The first kappa shape index (κ1) is 18.2. The third kappa shape index (κ3) is 2.73. The van der Waals surface area contributed by atoms with E-state index in [-0.39, 0.29) is 11.4 Å². The highest BCUT2D eigenvalue weighted by Gasteiger charge is 2.24. The second kappa shape index (κ2) is 6.87. The van der Waals surface area contributed by atoms with Gasteiger partial charge in [-0.05, 0) is 36.4 Å². The van der Waals surface area contributed by atoms with Crippen LogP contribution in [0, 0.1) is 22.7 Å². The quantitative estimate of drug-likeness (QED) is 0.468. The van der Waals surface area contributed by atoms with Gasteiger partial charge in [0, 0.05) is 5.69 Å². The molecule has 3 N–H and O–H groups in total. The normalized spacial score (nSPS) is 10.8. The molecule has 5 rings (SSSR count). The number of benzene rings is 2. The highest BCUT2D eigenvalue weighted by Crippen LogP contribution is 2.37. The number of nitrogen functional groups attached to an aromatic ring is 1. The van der Waals surface area contributed by atoms with Crippen LogP contribution < -0.4 is 10.5 Å². The third-order valence-electron chi connectivity index (χ3n) is 4.99. The highest BCUT2D eigenvalue weighted by molar-refractivity contribution is 5.99. The summed E-state index contributed by atoms with van der Waals surface area (Å²) in [5.41, 5.74) is 9.99. The van der Waals surface area contributed by atoms with Crippen molar-refractivity contribution in [1.82, 2.24) is 24.5 Å². The average Bonchev–Trinajstić information content (AvgIpc) is 3.35. The van der Waals surface area contributed by atoms with E-state index in [0.717, 1.165) is 11.0 Å². The molecule has 0 fully saturated rings. The maximum Gasteiger partial charge on any atom is 0.179 e. The Labute approximate surface area is 176 Å². The predicted molar refractivity (Wildman–Crippen MR) is 114 cm³/mol. The molecule has 0 aliphatic carbocycles. The average molecular weight is 406 g/mol. The minimum absolute atomic E-state index is 0.0701. The van der Waals surface area contributed by atoms with Crippen molar-refractivity contribution in [3.63, 3.8) is 0 Å². The van der Waals surface area contributed by atoms with Crippen molar-refractivity contribution in [2.24, 2.45) is 0 Å². The Kier molecular flexibility index (Phi) is 4.02. The molecule has 3 aromatic heterocycles. The summed E-state index contributed by atoms with van der Waals surface area (Å²) < 4.78 is 6.92. The van der Waals surface area contributed by atoms with Crippen LogP contribution in [0.3, 0.4) is 0 Å². The Bertz CT molecular complexity index is 1510. The van der Waals surface area contributed by atoms with Crippen molar-refractivity contribution in [3.8, 4) is 35.0 Å². The number of methoxy groups -OCH3 is 1. The molecular weight excluding hydrogens is 392 g/mol. The molecule has 0 radical (unpaired) electrons. The lowest BCUT2D eigenvalue weighted by molar-refractivity contribution is 0.415. The number of nitrogens with two attached hydrogens (primary N) is 1. The van der Waals surface area contributed by atoms with Crippen LogP contribution in [0.25, 0.3) is 39.3 Å². The molecule has 9 nitrogen and oxygen atoms in total. The van der Waals surface area contributed by atoms with Crippen LogP contribution in [0.15, 0.2) is 48.5 Å². The number of anilines is 1. The van der Waals surface area contributed by atoms with Gasteiger partial charge in [-0.25, -0.2) is 15.0 Å². The van der Waals surface area contributed by atoms with Crippen LogP contribution in [-0.2, 0) is 0 Å². The number of H-pyrrole nitrogens is 1. The highest BCUT2D eigenvalue weighted by atomic mass is 16.5. The van der Waals surface area contributed by atoms with E-state index in [1.807, 2.05) is 48.5 Å². The Morgan fingerprint density at radius 2 is 1.68 bits per heavy atom. The first-order valence-corrected chi connectivity index (χ1v) is 9.26. The molecule has 31 heavy (non-hydrogen) atoms. The van der Waals surface area contributed by atoms with Crippen LogP contribution in [0.1, 0.15) is 11.4 Å². The minimum atomic E-state index is -0.0709. The van der Waals surface area contributed by atoms with Crippen LogP contribution in [-0.4, -0.2) is 31.6 Å². The molecule has 0 aliphatic rings. The maximum absolute atomic E-state index is 9.46. The van der Waals surface area contributed by atoms with Gasteiger partial charge in [0.15, 0.2) is 17.0 Å². The Balaban J connectivity index is 1.87. The fourth-order valence-electron chi connectivity index (χ4n) is 3.55. The topological polar surface area (TPSA) is 142 Å². The van der Waals surface area contributed by atoms with Crippen molar-refractivity contribution in [2.75, 3.05) is 12.8 Å². The number of aromatic amines is 1. The molecule has 5 aromatic rings. The maximum atomic E-state index is 9.46. The second-order valence-corrected chi connectivity index (χ2v) is 6.71. The van der Waals surface area contributed by atoms with Gasteiger partial charge in [-0.15, -0.1) is 0 Å². The molecule has 0 aliphatic heterocycles. The molecular formula is C22H14N8O. The molecule has 0 saturated heterocycles. The lowest BCUT2D eigenvalue weighted by atomic mass is 10.2. The summed E-state index contributed by atoms with van der Waals surface area (Å²) in [5.74, 6) is 1.52. The van der Waals surface area contributed by atoms with Gasteiger partial charge in [-0.1, -0.05) is 12.1 Å². The Morgan fingerprint density at radius 3 is 2.35 bits per heavy atom. The number of nitrogens with zero attached hydrogens (tertiary/aromatic N) is 6. The van der Waals surface area contributed by atoms with Crippen molar-refractivity contribution < 1.29 is 4.74 Å². The lowest BCUT2D eigenvalue weighted by Crippen LogP contribution is -2.03. The fourth-order valence-corrected chi connectivity index (χ4v) is 3.55. The number of hydrogen-bond donors (Lipinski definition) is 2. The number of fused-ring (bicyclic) bond motifs is 2. The smallest absolute Gasteiger partial charge is 0.179 e. The number of ether oxygens (including phenoxy) is 1. The first-order valence-electron chi connectivity index (χ1n) is 9.26. The van der Waals surface area contributed by atoms with Crippen molar-refractivity contribution in [3.05, 3.63) is 59.9 Å².